The molecule has 0 radical (unpaired) electrons. The Bertz CT molecular complexity index is 717. The molecule has 0 heterocycles. The minimum absolute atomic E-state index is 0.0314. The fourth-order valence-corrected chi connectivity index (χ4v) is 2.75. The average molecular weight is 371 g/mol. The van der Waals surface area contributed by atoms with Gasteiger partial charge in [0.25, 0.3) is 0 Å². The number of nitriles is 1. The maximum absolute atomic E-state index is 13.2. The number of halogens is 4. The van der Waals surface area contributed by atoms with Crippen molar-refractivity contribution in [2.75, 3.05) is 0 Å². The van der Waals surface area contributed by atoms with Crippen LogP contribution in [0.3, 0.4) is 0 Å². The van der Waals surface area contributed by atoms with Crippen LogP contribution in [0.25, 0.3) is 0 Å². The van der Waals surface area contributed by atoms with Gasteiger partial charge in [-0.15, -0.1) is 0 Å². The highest BCUT2D eigenvalue weighted by molar-refractivity contribution is 9.10. The summed E-state index contributed by atoms with van der Waals surface area (Å²) in [6.45, 7) is 0. The van der Waals surface area contributed by atoms with E-state index in [1.54, 1.807) is 12.1 Å². The maximum Gasteiger partial charge on any atom is 0.184 e. The van der Waals surface area contributed by atoms with Gasteiger partial charge >= 0.3 is 0 Å². The van der Waals surface area contributed by atoms with Crippen LogP contribution in [-0.4, -0.2) is 5.78 Å². The van der Waals surface area contributed by atoms with E-state index in [1.165, 1.54) is 12.1 Å². The lowest BCUT2D eigenvalue weighted by atomic mass is 9.92. The van der Waals surface area contributed by atoms with Crippen molar-refractivity contribution in [1.82, 2.24) is 0 Å². The van der Waals surface area contributed by atoms with Crippen molar-refractivity contribution in [1.29, 1.82) is 5.26 Å². The Morgan fingerprint density at radius 2 is 1.76 bits per heavy atom. The summed E-state index contributed by atoms with van der Waals surface area (Å²) >= 11 is 9.05. The van der Waals surface area contributed by atoms with E-state index in [0.29, 0.717) is 15.6 Å². The molecule has 1 unspecified atom stereocenters. The van der Waals surface area contributed by atoms with Crippen molar-refractivity contribution in [3.8, 4) is 6.07 Å². The molecule has 2 rings (SSSR count). The molecule has 2 aromatic rings. The van der Waals surface area contributed by atoms with E-state index in [1.807, 2.05) is 0 Å². The monoisotopic (exact) mass is 369 g/mol. The number of benzene rings is 2. The number of Topliss-reactive ketones (excluding diaryl/α,β-unsaturated/α-hetero) is 1. The van der Waals surface area contributed by atoms with Crippen LogP contribution >= 0.6 is 27.5 Å². The summed E-state index contributed by atoms with van der Waals surface area (Å²) in [6.07, 6.45) is 0. The highest BCUT2D eigenvalue weighted by Crippen LogP contribution is 2.26. The highest BCUT2D eigenvalue weighted by atomic mass is 79.9. The number of hydrogen-bond donors (Lipinski definition) is 0. The van der Waals surface area contributed by atoms with E-state index in [-0.39, 0.29) is 11.1 Å². The first-order chi connectivity index (χ1) is 9.90. The Labute approximate surface area is 133 Å². The first kappa shape index (κ1) is 15.6. The number of carbonyl (C=O) groups is 1. The number of rotatable bonds is 3. The van der Waals surface area contributed by atoms with E-state index < -0.39 is 23.3 Å². The summed E-state index contributed by atoms with van der Waals surface area (Å²) in [4.78, 5) is 12.4. The summed E-state index contributed by atoms with van der Waals surface area (Å²) in [5.74, 6) is -3.57. The van der Waals surface area contributed by atoms with Crippen LogP contribution in [0, 0.1) is 23.0 Å². The molecule has 0 N–H and O–H groups in total. The quantitative estimate of drug-likeness (QED) is 0.723. The smallest absolute Gasteiger partial charge is 0.184 e. The van der Waals surface area contributed by atoms with Crippen molar-refractivity contribution in [2.45, 2.75) is 5.92 Å². The molecule has 106 valence electrons. The van der Waals surface area contributed by atoms with E-state index >= 15 is 0 Å². The molecule has 0 aliphatic carbocycles. The summed E-state index contributed by atoms with van der Waals surface area (Å²) in [6, 6.07) is 8.86. The van der Waals surface area contributed by atoms with Crippen LogP contribution in [-0.2, 0) is 0 Å². The van der Waals surface area contributed by atoms with Crippen LogP contribution in [0.15, 0.2) is 40.9 Å². The van der Waals surface area contributed by atoms with Crippen LogP contribution in [0.1, 0.15) is 21.8 Å². The maximum atomic E-state index is 13.2. The lowest BCUT2D eigenvalue weighted by Crippen LogP contribution is -2.12. The number of ketones is 1. The molecule has 0 fully saturated rings. The van der Waals surface area contributed by atoms with Crippen molar-refractivity contribution in [3.05, 3.63) is 68.7 Å². The second-order valence-electron chi connectivity index (χ2n) is 4.29. The van der Waals surface area contributed by atoms with Gasteiger partial charge in [0.1, 0.15) is 17.6 Å². The van der Waals surface area contributed by atoms with Crippen LogP contribution in [0.4, 0.5) is 8.78 Å². The normalized spacial score (nSPS) is 11.8. The predicted octanol–water partition coefficient (Wildman–Crippen LogP) is 4.87. The Hall–Kier alpha value is -1.77. The third kappa shape index (κ3) is 3.66. The molecule has 0 aromatic heterocycles. The van der Waals surface area contributed by atoms with Crippen LogP contribution in [0.2, 0.25) is 5.02 Å². The zero-order chi connectivity index (χ0) is 15.6. The van der Waals surface area contributed by atoms with Gasteiger partial charge in [-0.05, 0) is 35.9 Å². The van der Waals surface area contributed by atoms with Crippen molar-refractivity contribution < 1.29 is 13.6 Å². The Morgan fingerprint density at radius 1 is 1.14 bits per heavy atom. The molecule has 0 bridgehead atoms. The molecule has 21 heavy (non-hydrogen) atoms. The van der Waals surface area contributed by atoms with Gasteiger partial charge in [0.05, 0.1) is 6.07 Å². The molecule has 0 aliphatic rings. The summed E-state index contributed by atoms with van der Waals surface area (Å²) in [7, 11) is 0. The van der Waals surface area contributed by atoms with Gasteiger partial charge in [-0.3, -0.25) is 4.79 Å². The van der Waals surface area contributed by atoms with Gasteiger partial charge in [-0.25, -0.2) is 8.78 Å². The Balaban J connectivity index is 2.46. The third-order valence-electron chi connectivity index (χ3n) is 2.76. The topological polar surface area (TPSA) is 40.9 Å². The van der Waals surface area contributed by atoms with Crippen molar-refractivity contribution in [3.63, 3.8) is 0 Å². The van der Waals surface area contributed by atoms with Gasteiger partial charge in [-0.2, -0.15) is 5.26 Å². The molecule has 6 heteroatoms. The number of hydrogen-bond acceptors (Lipinski definition) is 2. The zero-order valence-corrected chi connectivity index (χ0v) is 12.8. The minimum Gasteiger partial charge on any atom is -0.292 e. The molecular weight excluding hydrogens is 364 g/mol. The van der Waals surface area contributed by atoms with Gasteiger partial charge in [-0.1, -0.05) is 27.5 Å². The van der Waals surface area contributed by atoms with Crippen LogP contribution < -0.4 is 0 Å². The predicted molar refractivity (Wildman–Crippen MR) is 78.2 cm³/mol. The summed E-state index contributed by atoms with van der Waals surface area (Å²) in [5, 5.41) is 9.49. The van der Waals surface area contributed by atoms with E-state index in [2.05, 4.69) is 15.9 Å². The van der Waals surface area contributed by atoms with Gasteiger partial charge in [0.15, 0.2) is 5.78 Å². The van der Waals surface area contributed by atoms with E-state index in [9.17, 15) is 18.8 Å². The summed E-state index contributed by atoms with van der Waals surface area (Å²) in [5.41, 5.74) is 0.154. The zero-order valence-electron chi connectivity index (χ0n) is 10.4. The molecule has 0 saturated heterocycles. The molecule has 0 amide bonds. The van der Waals surface area contributed by atoms with Gasteiger partial charge in [0, 0.05) is 21.1 Å². The SMILES string of the molecule is N#CC(C(=O)c1cc(Cl)cc(Br)c1)c1cc(F)cc(F)c1. The number of nitrogens with zero attached hydrogens (tertiary/aromatic N) is 1. The molecule has 1 atom stereocenters. The lowest BCUT2D eigenvalue weighted by Gasteiger charge is -2.10. The Morgan fingerprint density at radius 3 is 2.29 bits per heavy atom. The second-order valence-corrected chi connectivity index (χ2v) is 5.64. The highest BCUT2D eigenvalue weighted by Gasteiger charge is 2.23. The Kier molecular flexibility index (Phi) is 4.71. The van der Waals surface area contributed by atoms with Gasteiger partial charge in [0.2, 0.25) is 0 Å². The van der Waals surface area contributed by atoms with Crippen molar-refractivity contribution >= 4 is 33.3 Å². The van der Waals surface area contributed by atoms with E-state index in [0.717, 1.165) is 12.1 Å². The van der Waals surface area contributed by atoms with Crippen LogP contribution in [0.5, 0.6) is 0 Å². The largest absolute Gasteiger partial charge is 0.292 e. The molecule has 2 nitrogen and oxygen atoms in total. The second kappa shape index (κ2) is 6.33. The first-order valence-corrected chi connectivity index (χ1v) is 6.93. The lowest BCUT2D eigenvalue weighted by molar-refractivity contribution is 0.0978. The van der Waals surface area contributed by atoms with Gasteiger partial charge < -0.3 is 0 Å². The fraction of sp³-hybridized carbons (Fsp3) is 0.0667. The van der Waals surface area contributed by atoms with Crippen molar-refractivity contribution in [2.24, 2.45) is 0 Å². The first-order valence-electron chi connectivity index (χ1n) is 5.76. The molecule has 0 saturated carbocycles. The molecule has 0 aliphatic heterocycles. The summed E-state index contributed by atoms with van der Waals surface area (Å²) < 4.78 is 27.0. The molecule has 0 spiro atoms. The number of carbonyl (C=O) groups excluding carboxylic acids is 1. The standard InChI is InChI=1S/C15H7BrClF2NO/c16-10-1-9(2-11(17)5-10)15(21)14(7-20)8-3-12(18)6-13(19)4-8/h1-6,14H. The minimum atomic E-state index is -1.31. The van der Waals surface area contributed by atoms with E-state index in [4.69, 9.17) is 11.6 Å². The fourth-order valence-electron chi connectivity index (χ4n) is 1.89. The third-order valence-corrected chi connectivity index (χ3v) is 3.43. The molecule has 2 aromatic carbocycles. The molecular formula is C15H7BrClF2NO. The average Bonchev–Trinajstić information content (AvgIpc) is 2.37.